The average molecular weight is 431 g/mol. The number of aryl methyl sites for hydroxylation is 3. The van der Waals surface area contributed by atoms with Crippen molar-refractivity contribution in [2.75, 3.05) is 5.32 Å². The smallest absolute Gasteiger partial charge is 0.295 e. The van der Waals surface area contributed by atoms with Crippen molar-refractivity contribution >= 4 is 23.2 Å². The largest absolute Gasteiger partial charge is 0.319 e. The van der Waals surface area contributed by atoms with E-state index in [9.17, 15) is 4.79 Å². The molecule has 0 bridgehead atoms. The molecule has 6 heteroatoms. The monoisotopic (exact) mass is 430 g/mol. The Morgan fingerprint density at radius 2 is 1.68 bits per heavy atom. The zero-order valence-corrected chi connectivity index (χ0v) is 18.7. The summed E-state index contributed by atoms with van der Waals surface area (Å²) in [4.78, 5) is 17.6. The molecule has 156 valence electrons. The maximum absolute atomic E-state index is 13.0. The lowest BCUT2D eigenvalue weighted by Gasteiger charge is -2.11. The standard InChI is InChI=1S/C25H23ClN4O/c1-15-8-9-17(3)21(14-15)27-25(31)23-28-24(19-10-12-20(26)13-11-19)30(29-23)22-7-5-6-16(2)18(22)4/h5-14H,1-4H3,(H,27,31). The molecule has 0 saturated heterocycles. The van der Waals surface area contributed by atoms with Crippen LogP contribution in [0.5, 0.6) is 0 Å². The summed E-state index contributed by atoms with van der Waals surface area (Å²) in [5.74, 6) is 0.330. The quantitative estimate of drug-likeness (QED) is 0.427. The molecule has 0 radical (unpaired) electrons. The van der Waals surface area contributed by atoms with E-state index in [2.05, 4.69) is 15.4 Å². The van der Waals surface area contributed by atoms with Gasteiger partial charge < -0.3 is 5.32 Å². The van der Waals surface area contributed by atoms with E-state index in [0.29, 0.717) is 10.8 Å². The van der Waals surface area contributed by atoms with Crippen molar-refractivity contribution in [2.24, 2.45) is 0 Å². The molecule has 31 heavy (non-hydrogen) atoms. The van der Waals surface area contributed by atoms with Crippen LogP contribution in [0, 0.1) is 27.7 Å². The molecule has 4 rings (SSSR count). The van der Waals surface area contributed by atoms with Gasteiger partial charge in [-0.05, 0) is 86.3 Å². The van der Waals surface area contributed by atoms with Gasteiger partial charge in [-0.3, -0.25) is 4.79 Å². The lowest BCUT2D eigenvalue weighted by Crippen LogP contribution is -2.15. The zero-order valence-electron chi connectivity index (χ0n) is 17.9. The highest BCUT2D eigenvalue weighted by atomic mass is 35.5. The number of benzene rings is 3. The van der Waals surface area contributed by atoms with Crippen LogP contribution >= 0.6 is 11.6 Å². The third-order valence-electron chi connectivity index (χ3n) is 5.36. The molecule has 1 aromatic heterocycles. The van der Waals surface area contributed by atoms with Crippen LogP contribution in [0.25, 0.3) is 17.1 Å². The minimum absolute atomic E-state index is 0.103. The van der Waals surface area contributed by atoms with Crippen molar-refractivity contribution in [1.82, 2.24) is 14.8 Å². The molecular formula is C25H23ClN4O. The number of nitrogens with one attached hydrogen (secondary N) is 1. The molecule has 0 fully saturated rings. The Morgan fingerprint density at radius 1 is 0.935 bits per heavy atom. The Morgan fingerprint density at radius 3 is 2.42 bits per heavy atom. The highest BCUT2D eigenvalue weighted by Crippen LogP contribution is 2.26. The Balaban J connectivity index is 1.81. The van der Waals surface area contributed by atoms with Gasteiger partial charge in [-0.25, -0.2) is 9.67 Å². The van der Waals surface area contributed by atoms with Crippen molar-refractivity contribution in [3.05, 3.63) is 93.8 Å². The maximum atomic E-state index is 13.0. The van der Waals surface area contributed by atoms with Crippen LogP contribution in [0.2, 0.25) is 5.02 Å². The van der Waals surface area contributed by atoms with Gasteiger partial charge in [-0.15, -0.1) is 5.10 Å². The van der Waals surface area contributed by atoms with E-state index in [0.717, 1.165) is 39.2 Å². The summed E-state index contributed by atoms with van der Waals surface area (Å²) in [6.07, 6.45) is 0. The number of hydrogen-bond acceptors (Lipinski definition) is 3. The summed E-state index contributed by atoms with van der Waals surface area (Å²) in [5, 5.41) is 8.17. The minimum Gasteiger partial charge on any atom is -0.319 e. The molecule has 0 saturated carbocycles. The second-order valence-electron chi connectivity index (χ2n) is 7.67. The van der Waals surface area contributed by atoms with E-state index in [1.54, 1.807) is 16.8 Å². The zero-order chi connectivity index (χ0) is 22.1. The fourth-order valence-corrected chi connectivity index (χ4v) is 3.50. The van der Waals surface area contributed by atoms with Gasteiger partial charge in [0.15, 0.2) is 5.82 Å². The van der Waals surface area contributed by atoms with E-state index in [-0.39, 0.29) is 11.7 Å². The molecule has 5 nitrogen and oxygen atoms in total. The molecule has 0 atom stereocenters. The first-order chi connectivity index (χ1) is 14.8. The molecule has 1 amide bonds. The van der Waals surface area contributed by atoms with Gasteiger partial charge in [0.1, 0.15) is 0 Å². The van der Waals surface area contributed by atoms with Crippen LogP contribution in [0.3, 0.4) is 0 Å². The summed E-state index contributed by atoms with van der Waals surface area (Å²) >= 11 is 6.07. The molecule has 3 aromatic carbocycles. The summed E-state index contributed by atoms with van der Waals surface area (Å²) in [6.45, 7) is 8.03. The predicted octanol–water partition coefficient (Wildman–Crippen LogP) is 6.07. The van der Waals surface area contributed by atoms with Crippen molar-refractivity contribution in [1.29, 1.82) is 0 Å². The summed E-state index contributed by atoms with van der Waals surface area (Å²) < 4.78 is 1.73. The first kappa shape index (κ1) is 20.8. The van der Waals surface area contributed by atoms with Gasteiger partial charge in [0, 0.05) is 16.3 Å². The summed E-state index contributed by atoms with van der Waals surface area (Å²) in [7, 11) is 0. The average Bonchev–Trinajstić information content (AvgIpc) is 3.18. The van der Waals surface area contributed by atoms with Gasteiger partial charge in [-0.2, -0.15) is 0 Å². The van der Waals surface area contributed by atoms with Gasteiger partial charge in [0.2, 0.25) is 5.82 Å². The lowest BCUT2D eigenvalue weighted by molar-refractivity contribution is 0.101. The van der Waals surface area contributed by atoms with E-state index in [4.69, 9.17) is 11.6 Å². The first-order valence-corrected chi connectivity index (χ1v) is 10.4. The van der Waals surface area contributed by atoms with Crippen LogP contribution in [0.15, 0.2) is 60.7 Å². The van der Waals surface area contributed by atoms with Gasteiger partial charge >= 0.3 is 0 Å². The van der Waals surface area contributed by atoms with Crippen LogP contribution in [0.1, 0.15) is 32.9 Å². The van der Waals surface area contributed by atoms with Crippen LogP contribution in [-0.4, -0.2) is 20.7 Å². The Hall–Kier alpha value is -3.44. The summed E-state index contributed by atoms with van der Waals surface area (Å²) in [5.41, 5.74) is 6.70. The van der Waals surface area contributed by atoms with Crippen LogP contribution in [0.4, 0.5) is 5.69 Å². The fraction of sp³-hybridized carbons (Fsp3) is 0.160. The third-order valence-corrected chi connectivity index (χ3v) is 5.61. The highest BCUT2D eigenvalue weighted by Gasteiger charge is 2.20. The number of halogens is 1. The molecule has 0 aliphatic rings. The number of amides is 1. The lowest BCUT2D eigenvalue weighted by atomic mass is 10.1. The van der Waals surface area contributed by atoms with Crippen LogP contribution < -0.4 is 5.32 Å². The summed E-state index contributed by atoms with van der Waals surface area (Å²) in [6, 6.07) is 19.3. The second-order valence-corrected chi connectivity index (χ2v) is 8.11. The molecule has 0 unspecified atom stereocenters. The number of carbonyl (C=O) groups excluding carboxylic acids is 1. The van der Waals surface area contributed by atoms with Gasteiger partial charge in [0.25, 0.3) is 5.91 Å². The van der Waals surface area contributed by atoms with Crippen LogP contribution in [-0.2, 0) is 0 Å². The number of carbonyl (C=O) groups is 1. The predicted molar refractivity (Wildman–Crippen MR) is 125 cm³/mol. The number of anilines is 1. The molecule has 1 N–H and O–H groups in total. The number of rotatable bonds is 4. The van der Waals surface area contributed by atoms with Gasteiger partial charge in [0.05, 0.1) is 5.69 Å². The molecule has 0 aliphatic carbocycles. The molecule has 4 aromatic rings. The van der Waals surface area contributed by atoms with E-state index >= 15 is 0 Å². The SMILES string of the molecule is Cc1ccc(C)c(NC(=O)c2nc(-c3ccc(Cl)cc3)n(-c3cccc(C)c3C)n2)c1. The first-order valence-electron chi connectivity index (χ1n) is 10.0. The second kappa shape index (κ2) is 8.36. The normalized spacial score (nSPS) is 10.9. The fourth-order valence-electron chi connectivity index (χ4n) is 3.38. The van der Waals surface area contributed by atoms with E-state index in [1.807, 2.05) is 76.2 Å². The van der Waals surface area contributed by atoms with E-state index < -0.39 is 0 Å². The highest BCUT2D eigenvalue weighted by molar-refractivity contribution is 6.30. The van der Waals surface area contributed by atoms with Crippen molar-refractivity contribution in [3.8, 4) is 17.1 Å². The molecular weight excluding hydrogens is 408 g/mol. The third kappa shape index (κ3) is 4.23. The number of nitrogens with zero attached hydrogens (tertiary/aromatic N) is 3. The van der Waals surface area contributed by atoms with Crippen molar-refractivity contribution in [3.63, 3.8) is 0 Å². The molecule has 0 aliphatic heterocycles. The van der Waals surface area contributed by atoms with Crippen molar-refractivity contribution < 1.29 is 4.79 Å². The molecule has 1 heterocycles. The topological polar surface area (TPSA) is 59.8 Å². The Bertz CT molecular complexity index is 1280. The Labute approximate surface area is 186 Å². The van der Waals surface area contributed by atoms with E-state index in [1.165, 1.54) is 0 Å². The number of aromatic nitrogens is 3. The van der Waals surface area contributed by atoms with Gasteiger partial charge in [-0.1, -0.05) is 35.9 Å². The minimum atomic E-state index is -0.354. The number of hydrogen-bond donors (Lipinski definition) is 1. The Kier molecular flexibility index (Phi) is 5.61. The van der Waals surface area contributed by atoms with Crippen molar-refractivity contribution in [2.45, 2.75) is 27.7 Å². The maximum Gasteiger partial charge on any atom is 0.295 e. The molecule has 0 spiro atoms.